The monoisotopic (exact) mass is 601 g/mol. The Morgan fingerprint density at radius 2 is 1.55 bits per heavy atom. The molecule has 3 aromatic rings. The third-order valence-electron chi connectivity index (χ3n) is 7.58. The molecule has 1 amide bonds. The van der Waals surface area contributed by atoms with Crippen LogP contribution in [-0.4, -0.2) is 65.4 Å². The summed E-state index contributed by atoms with van der Waals surface area (Å²) in [6, 6.07) is 9.29. The van der Waals surface area contributed by atoms with E-state index in [-0.39, 0.29) is 18.2 Å². The third kappa shape index (κ3) is 5.75. The number of piperidine rings is 1. The van der Waals surface area contributed by atoms with Gasteiger partial charge in [-0.25, -0.2) is 14.0 Å². The van der Waals surface area contributed by atoms with Crippen LogP contribution in [0.5, 0.6) is 0 Å². The van der Waals surface area contributed by atoms with Gasteiger partial charge in [-0.3, -0.25) is 13.7 Å². The van der Waals surface area contributed by atoms with Crippen LogP contribution in [-0.2, 0) is 9.47 Å². The molecule has 1 atom stereocenters. The van der Waals surface area contributed by atoms with Gasteiger partial charge in [-0.15, -0.1) is 10.8 Å². The van der Waals surface area contributed by atoms with E-state index in [9.17, 15) is 23.1 Å². The molecule has 2 aromatic carbocycles. The van der Waals surface area contributed by atoms with Crippen molar-refractivity contribution in [3.63, 3.8) is 0 Å². The standard InChI is InChI=1S/C31H40FN3O6S/c1-19-24-16-20(25-18-34(29(37)41-31(5,6)7)26-17-21(32)9-10-23(25)26)8-11-27(24)42(38,39)35(19)22-12-14-33(15-13-22)28(36)40-30(2,3)4/h8-11,16-19,22,38-39H,12-15H2,1-7H3. The summed E-state index contributed by atoms with van der Waals surface area (Å²) >= 11 is 0. The first kappa shape index (κ1) is 30.3. The van der Waals surface area contributed by atoms with Crippen molar-refractivity contribution < 1.29 is 32.6 Å². The second-order valence-electron chi connectivity index (χ2n) is 13.1. The molecule has 0 aliphatic carbocycles. The van der Waals surface area contributed by atoms with Gasteiger partial charge in [-0.2, -0.15) is 4.31 Å². The quantitative estimate of drug-likeness (QED) is 0.306. The van der Waals surface area contributed by atoms with Crippen LogP contribution < -0.4 is 0 Å². The number of likely N-dealkylation sites (tertiary alicyclic amines) is 1. The normalized spacial score (nSPS) is 20.4. The first-order valence-electron chi connectivity index (χ1n) is 14.2. The van der Waals surface area contributed by atoms with Crippen molar-refractivity contribution in [3.05, 3.63) is 54.0 Å². The molecule has 3 heterocycles. The predicted octanol–water partition coefficient (Wildman–Crippen LogP) is 8.03. The summed E-state index contributed by atoms with van der Waals surface area (Å²) in [4.78, 5) is 27.7. The number of hydrogen-bond acceptors (Lipinski definition) is 7. The number of hydrogen-bond donors (Lipinski definition) is 2. The van der Waals surface area contributed by atoms with Crippen molar-refractivity contribution in [2.75, 3.05) is 13.1 Å². The van der Waals surface area contributed by atoms with E-state index >= 15 is 0 Å². The lowest BCUT2D eigenvalue weighted by Crippen LogP contribution is -2.47. The smallest absolute Gasteiger partial charge is 0.419 e. The van der Waals surface area contributed by atoms with E-state index in [4.69, 9.17) is 9.47 Å². The van der Waals surface area contributed by atoms with E-state index in [1.165, 1.54) is 16.7 Å². The van der Waals surface area contributed by atoms with Crippen LogP contribution in [0, 0.1) is 5.82 Å². The van der Waals surface area contributed by atoms with E-state index in [1.54, 1.807) is 54.4 Å². The van der Waals surface area contributed by atoms with Crippen molar-refractivity contribution in [2.45, 2.75) is 89.5 Å². The number of halogens is 1. The molecule has 2 aliphatic rings. The largest absolute Gasteiger partial charge is 0.444 e. The van der Waals surface area contributed by atoms with E-state index in [2.05, 4.69) is 0 Å². The SMILES string of the molecule is CC1c2cc(-c3cn(C(=O)OC(C)(C)C)c4cc(F)ccc34)ccc2S(O)(O)N1C1CCN(C(=O)OC(C)(C)C)CC1. The minimum atomic E-state index is -3.27. The van der Waals surface area contributed by atoms with E-state index in [1.807, 2.05) is 33.8 Å². The summed E-state index contributed by atoms with van der Waals surface area (Å²) in [6.07, 6.45) is 1.82. The highest BCUT2D eigenvalue weighted by Gasteiger charge is 2.45. The van der Waals surface area contributed by atoms with Gasteiger partial charge in [0.15, 0.2) is 0 Å². The number of rotatable bonds is 2. The molecule has 1 unspecified atom stereocenters. The molecule has 2 N–H and O–H groups in total. The van der Waals surface area contributed by atoms with Gasteiger partial charge in [0, 0.05) is 36.3 Å². The Morgan fingerprint density at radius 3 is 2.17 bits per heavy atom. The molecule has 0 saturated carbocycles. The van der Waals surface area contributed by atoms with Crippen LogP contribution in [0.25, 0.3) is 22.0 Å². The van der Waals surface area contributed by atoms with Crippen molar-refractivity contribution in [2.24, 2.45) is 0 Å². The zero-order chi connectivity index (χ0) is 30.8. The fraction of sp³-hybridized carbons (Fsp3) is 0.484. The van der Waals surface area contributed by atoms with Gasteiger partial charge < -0.3 is 14.4 Å². The van der Waals surface area contributed by atoms with Crippen molar-refractivity contribution in [3.8, 4) is 11.1 Å². The Bertz CT molecular complexity index is 1530. The molecule has 1 aromatic heterocycles. The average Bonchev–Trinajstić information content (AvgIpc) is 3.34. The molecule has 1 fully saturated rings. The molecule has 2 aliphatic heterocycles. The number of carbonyl (C=O) groups excluding carboxylic acids is 2. The van der Waals surface area contributed by atoms with E-state index in [0.29, 0.717) is 47.3 Å². The number of amides is 1. The van der Waals surface area contributed by atoms with Crippen LogP contribution >= 0.6 is 10.8 Å². The summed E-state index contributed by atoms with van der Waals surface area (Å²) in [5.41, 5.74) is 1.31. The van der Waals surface area contributed by atoms with Crippen LogP contribution in [0.3, 0.4) is 0 Å². The lowest BCUT2D eigenvalue weighted by Gasteiger charge is -2.46. The van der Waals surface area contributed by atoms with Crippen LogP contribution in [0.15, 0.2) is 47.5 Å². The maximum absolute atomic E-state index is 14.3. The van der Waals surface area contributed by atoms with Gasteiger partial charge in [-0.05, 0) is 103 Å². The zero-order valence-corrected chi connectivity index (χ0v) is 26.0. The Kier molecular flexibility index (Phi) is 7.62. The van der Waals surface area contributed by atoms with Crippen molar-refractivity contribution in [1.82, 2.24) is 13.8 Å². The van der Waals surface area contributed by atoms with Crippen LogP contribution in [0.2, 0.25) is 0 Å². The molecule has 1 saturated heterocycles. The Morgan fingerprint density at radius 1 is 0.929 bits per heavy atom. The molecular weight excluding hydrogens is 561 g/mol. The summed E-state index contributed by atoms with van der Waals surface area (Å²) < 4.78 is 51.3. The highest BCUT2D eigenvalue weighted by atomic mass is 32.3. The Labute approximate surface area is 247 Å². The number of aromatic nitrogens is 1. The van der Waals surface area contributed by atoms with Gasteiger partial charge in [0.1, 0.15) is 17.0 Å². The van der Waals surface area contributed by atoms with Crippen LogP contribution in [0.1, 0.15) is 72.9 Å². The van der Waals surface area contributed by atoms with Crippen LogP contribution in [0.4, 0.5) is 14.0 Å². The van der Waals surface area contributed by atoms with E-state index in [0.717, 1.165) is 11.1 Å². The minimum absolute atomic E-state index is 0.142. The van der Waals surface area contributed by atoms with Crippen molar-refractivity contribution in [1.29, 1.82) is 0 Å². The molecule has 9 nitrogen and oxygen atoms in total. The lowest BCUT2D eigenvalue weighted by molar-refractivity contribution is 0.0168. The maximum atomic E-state index is 14.3. The zero-order valence-electron chi connectivity index (χ0n) is 25.2. The summed E-state index contributed by atoms with van der Waals surface area (Å²) in [7, 11) is -3.27. The third-order valence-corrected chi connectivity index (χ3v) is 9.74. The fourth-order valence-corrected chi connectivity index (χ4v) is 8.01. The van der Waals surface area contributed by atoms with E-state index < -0.39 is 33.9 Å². The molecule has 0 radical (unpaired) electrons. The second kappa shape index (κ2) is 10.6. The maximum Gasteiger partial charge on any atom is 0.419 e. The van der Waals surface area contributed by atoms with Gasteiger partial charge in [0.2, 0.25) is 0 Å². The molecular formula is C31H40FN3O6S. The summed E-state index contributed by atoms with van der Waals surface area (Å²) in [5, 5.41) is 0.672. The average molecular weight is 602 g/mol. The fourth-order valence-electron chi connectivity index (χ4n) is 5.81. The number of nitrogens with zero attached hydrogens (tertiary/aromatic N) is 3. The molecule has 11 heteroatoms. The Balaban J connectivity index is 1.44. The first-order valence-corrected chi connectivity index (χ1v) is 15.7. The number of benzene rings is 2. The van der Waals surface area contributed by atoms with Gasteiger partial charge in [0.05, 0.1) is 16.5 Å². The molecule has 42 heavy (non-hydrogen) atoms. The predicted molar refractivity (Wildman–Crippen MR) is 161 cm³/mol. The Hall–Kier alpha value is -3.12. The number of carbonyl (C=O) groups is 2. The molecule has 0 bridgehead atoms. The molecule has 228 valence electrons. The number of fused-ring (bicyclic) bond motifs is 2. The first-order chi connectivity index (χ1) is 19.5. The minimum Gasteiger partial charge on any atom is -0.444 e. The molecule has 0 spiro atoms. The molecule has 5 rings (SSSR count). The van der Waals surface area contributed by atoms with Gasteiger partial charge >= 0.3 is 12.2 Å². The number of ether oxygens (including phenoxy) is 2. The van der Waals surface area contributed by atoms with Crippen molar-refractivity contribution >= 4 is 33.9 Å². The topological polar surface area (TPSA) is 104 Å². The van der Waals surface area contributed by atoms with Gasteiger partial charge in [0.25, 0.3) is 0 Å². The highest BCUT2D eigenvalue weighted by molar-refractivity contribution is 8.22. The second-order valence-corrected chi connectivity index (χ2v) is 15.0. The summed E-state index contributed by atoms with van der Waals surface area (Å²) in [6.45, 7) is 13.7. The lowest BCUT2D eigenvalue weighted by atomic mass is 9.98. The highest BCUT2D eigenvalue weighted by Crippen LogP contribution is 2.65. The van der Waals surface area contributed by atoms with Gasteiger partial charge in [-0.1, -0.05) is 6.07 Å². The summed E-state index contributed by atoms with van der Waals surface area (Å²) in [5.74, 6) is -0.471.